The molecule has 4 nitrogen and oxygen atoms in total. The first-order valence-corrected chi connectivity index (χ1v) is 4.83. The van der Waals surface area contributed by atoms with Crippen LogP contribution in [0.2, 0.25) is 0 Å². The number of aryl methyl sites for hydroxylation is 2. The van der Waals surface area contributed by atoms with Crippen LogP contribution in [0, 0.1) is 6.92 Å². The molecule has 0 bridgehead atoms. The third-order valence-electron chi connectivity index (χ3n) is 2.87. The molecule has 0 aliphatic carbocycles. The van der Waals surface area contributed by atoms with Crippen LogP contribution in [-0.2, 0) is 7.05 Å². The monoisotopic (exact) mass is 217 g/mol. The molecule has 2 aromatic rings. The first-order valence-electron chi connectivity index (χ1n) is 4.83. The highest BCUT2D eigenvalue weighted by Crippen LogP contribution is 2.24. The summed E-state index contributed by atoms with van der Waals surface area (Å²) < 4.78 is 1.77. The molecule has 1 aromatic carbocycles. The molecule has 0 atom stereocenters. The van der Waals surface area contributed by atoms with Gasteiger partial charge in [0, 0.05) is 18.0 Å². The maximum absolute atomic E-state index is 10.9. The lowest BCUT2D eigenvalue weighted by Gasteiger charge is -1.98. The Morgan fingerprint density at radius 2 is 2.12 bits per heavy atom. The van der Waals surface area contributed by atoms with Gasteiger partial charge in [-0.2, -0.15) is 0 Å². The van der Waals surface area contributed by atoms with E-state index in [2.05, 4.69) is 0 Å². The van der Waals surface area contributed by atoms with Gasteiger partial charge in [0.25, 0.3) is 0 Å². The number of carbonyl (C=O) groups excluding carboxylic acids is 1. The zero-order valence-electron chi connectivity index (χ0n) is 9.02. The zero-order valence-corrected chi connectivity index (χ0v) is 9.02. The van der Waals surface area contributed by atoms with Gasteiger partial charge in [-0.25, -0.2) is 4.79 Å². The summed E-state index contributed by atoms with van der Waals surface area (Å²) in [5.74, 6) is -0.960. The van der Waals surface area contributed by atoms with Crippen molar-refractivity contribution in [2.45, 2.75) is 6.92 Å². The van der Waals surface area contributed by atoms with E-state index >= 15 is 0 Å². The largest absolute Gasteiger partial charge is 0.478 e. The minimum Gasteiger partial charge on any atom is -0.478 e. The second-order valence-electron chi connectivity index (χ2n) is 3.72. The van der Waals surface area contributed by atoms with Crippen molar-refractivity contribution in [3.05, 3.63) is 35.0 Å². The molecule has 82 valence electrons. The molecule has 0 radical (unpaired) electrons. The number of aldehydes is 1. The number of aromatic nitrogens is 1. The number of benzene rings is 1. The van der Waals surface area contributed by atoms with Gasteiger partial charge in [-0.3, -0.25) is 4.79 Å². The van der Waals surface area contributed by atoms with Gasteiger partial charge in [0.2, 0.25) is 0 Å². The Hall–Kier alpha value is -2.10. The second kappa shape index (κ2) is 3.48. The summed E-state index contributed by atoms with van der Waals surface area (Å²) >= 11 is 0. The molecule has 0 fully saturated rings. The number of hydrogen-bond donors (Lipinski definition) is 1. The lowest BCUT2D eigenvalue weighted by Crippen LogP contribution is -1.96. The topological polar surface area (TPSA) is 59.3 Å². The van der Waals surface area contributed by atoms with E-state index in [0.29, 0.717) is 5.69 Å². The highest BCUT2D eigenvalue weighted by molar-refractivity contribution is 5.98. The van der Waals surface area contributed by atoms with Crippen molar-refractivity contribution < 1.29 is 14.7 Å². The molecule has 1 aromatic heterocycles. The van der Waals surface area contributed by atoms with E-state index in [0.717, 1.165) is 22.8 Å². The third kappa shape index (κ3) is 1.31. The summed E-state index contributed by atoms with van der Waals surface area (Å²) in [7, 11) is 1.79. The van der Waals surface area contributed by atoms with Crippen molar-refractivity contribution in [2.75, 3.05) is 0 Å². The average molecular weight is 217 g/mol. The van der Waals surface area contributed by atoms with Crippen molar-refractivity contribution in [1.82, 2.24) is 4.57 Å². The molecule has 0 spiro atoms. The highest BCUT2D eigenvalue weighted by Gasteiger charge is 2.12. The molecule has 1 N–H and O–H groups in total. The van der Waals surface area contributed by atoms with Gasteiger partial charge >= 0.3 is 5.97 Å². The van der Waals surface area contributed by atoms with E-state index in [9.17, 15) is 9.59 Å². The van der Waals surface area contributed by atoms with E-state index in [4.69, 9.17) is 5.11 Å². The van der Waals surface area contributed by atoms with Crippen LogP contribution >= 0.6 is 0 Å². The van der Waals surface area contributed by atoms with Crippen LogP contribution in [0.3, 0.4) is 0 Å². The van der Waals surface area contributed by atoms with Gasteiger partial charge in [-0.05, 0) is 30.7 Å². The van der Waals surface area contributed by atoms with Gasteiger partial charge in [0.1, 0.15) is 0 Å². The van der Waals surface area contributed by atoms with Crippen LogP contribution < -0.4 is 0 Å². The highest BCUT2D eigenvalue weighted by atomic mass is 16.4. The SMILES string of the molecule is Cc1c(C=O)n(C)c2ccc(C(=O)O)cc12. The second-order valence-corrected chi connectivity index (χ2v) is 3.72. The van der Waals surface area contributed by atoms with Crippen LogP contribution in [-0.4, -0.2) is 21.9 Å². The molecule has 0 unspecified atom stereocenters. The van der Waals surface area contributed by atoms with Gasteiger partial charge in [-0.15, -0.1) is 0 Å². The lowest BCUT2D eigenvalue weighted by molar-refractivity contribution is 0.0697. The Morgan fingerprint density at radius 1 is 1.44 bits per heavy atom. The first kappa shape index (κ1) is 10.4. The van der Waals surface area contributed by atoms with Gasteiger partial charge < -0.3 is 9.67 Å². The summed E-state index contributed by atoms with van der Waals surface area (Å²) in [6.07, 6.45) is 0.787. The zero-order chi connectivity index (χ0) is 11.9. The molecule has 0 amide bonds. The van der Waals surface area contributed by atoms with E-state index in [1.165, 1.54) is 0 Å². The molecule has 2 rings (SSSR count). The van der Waals surface area contributed by atoms with Crippen LogP contribution in [0.5, 0.6) is 0 Å². The average Bonchev–Trinajstić information content (AvgIpc) is 2.51. The number of carboxylic acids is 1. The van der Waals surface area contributed by atoms with E-state index in [1.54, 1.807) is 29.8 Å². The molecule has 4 heteroatoms. The fraction of sp³-hybridized carbons (Fsp3) is 0.167. The van der Waals surface area contributed by atoms with E-state index in [1.807, 2.05) is 6.92 Å². The van der Waals surface area contributed by atoms with Crippen molar-refractivity contribution in [3.63, 3.8) is 0 Å². The summed E-state index contributed by atoms with van der Waals surface area (Å²) in [5.41, 5.74) is 2.50. The molecular formula is C12H11NO3. The predicted octanol–water partition coefficient (Wildman–Crippen LogP) is 2.00. The fourth-order valence-electron chi connectivity index (χ4n) is 1.95. The maximum Gasteiger partial charge on any atom is 0.335 e. The van der Waals surface area contributed by atoms with Gasteiger partial charge in [0.05, 0.1) is 11.3 Å². The molecule has 16 heavy (non-hydrogen) atoms. The minimum absolute atomic E-state index is 0.235. The Kier molecular flexibility index (Phi) is 2.27. The van der Waals surface area contributed by atoms with Crippen LogP contribution in [0.1, 0.15) is 26.4 Å². The summed E-state index contributed by atoms with van der Waals surface area (Å²) in [5, 5.41) is 9.70. The summed E-state index contributed by atoms with van der Waals surface area (Å²) in [4.78, 5) is 21.7. The summed E-state index contributed by atoms with van der Waals surface area (Å²) in [6.45, 7) is 1.82. The third-order valence-corrected chi connectivity index (χ3v) is 2.87. The first-order chi connectivity index (χ1) is 7.56. The molecular weight excluding hydrogens is 206 g/mol. The number of carboxylic acid groups (broad SMARTS) is 1. The van der Waals surface area contributed by atoms with E-state index < -0.39 is 5.97 Å². The van der Waals surface area contributed by atoms with Crippen molar-refractivity contribution >= 4 is 23.2 Å². The molecule has 0 aliphatic rings. The molecule has 0 saturated carbocycles. The Bertz CT molecular complexity index is 596. The predicted molar refractivity (Wildman–Crippen MR) is 60.0 cm³/mol. The number of nitrogens with zero attached hydrogens (tertiary/aromatic N) is 1. The smallest absolute Gasteiger partial charge is 0.335 e. The lowest BCUT2D eigenvalue weighted by atomic mass is 10.1. The van der Waals surface area contributed by atoms with Crippen LogP contribution in [0.25, 0.3) is 10.9 Å². The minimum atomic E-state index is -0.960. The van der Waals surface area contributed by atoms with Crippen LogP contribution in [0.4, 0.5) is 0 Å². The van der Waals surface area contributed by atoms with Crippen molar-refractivity contribution in [1.29, 1.82) is 0 Å². The molecule has 0 saturated heterocycles. The van der Waals surface area contributed by atoms with Crippen molar-refractivity contribution in [3.8, 4) is 0 Å². The number of carbonyl (C=O) groups is 2. The normalized spacial score (nSPS) is 10.6. The fourth-order valence-corrected chi connectivity index (χ4v) is 1.95. The van der Waals surface area contributed by atoms with E-state index in [-0.39, 0.29) is 5.56 Å². The molecule has 0 aliphatic heterocycles. The van der Waals surface area contributed by atoms with Gasteiger partial charge in [0.15, 0.2) is 6.29 Å². The summed E-state index contributed by atoms with van der Waals surface area (Å²) in [6, 6.07) is 4.86. The van der Waals surface area contributed by atoms with Gasteiger partial charge in [-0.1, -0.05) is 0 Å². The maximum atomic E-state index is 10.9. The number of hydrogen-bond acceptors (Lipinski definition) is 2. The quantitative estimate of drug-likeness (QED) is 0.782. The van der Waals surface area contributed by atoms with Crippen molar-refractivity contribution in [2.24, 2.45) is 7.05 Å². The number of rotatable bonds is 2. The number of fused-ring (bicyclic) bond motifs is 1. The Balaban J connectivity index is 2.84. The molecule has 1 heterocycles. The Labute approximate surface area is 92.1 Å². The van der Waals surface area contributed by atoms with Crippen LogP contribution in [0.15, 0.2) is 18.2 Å². The number of aromatic carboxylic acids is 1. The standard InChI is InChI=1S/C12H11NO3/c1-7-9-5-8(12(15)16)3-4-10(9)13(2)11(7)6-14/h3-6H,1-2H3,(H,15,16). The Morgan fingerprint density at radius 3 is 2.69 bits per heavy atom.